The number of benzene rings is 1. The summed E-state index contributed by atoms with van der Waals surface area (Å²) in [5, 5.41) is 0. The van der Waals surface area contributed by atoms with Crippen LogP contribution in [0.3, 0.4) is 0 Å². The van der Waals surface area contributed by atoms with E-state index < -0.39 is 6.64 Å². The van der Waals surface area contributed by atoms with Crippen LogP contribution in [0.5, 0.6) is 11.5 Å². The Morgan fingerprint density at radius 1 is 1.38 bits per heavy atom. The SMILES string of the molecule is CCCN(SBr)P1(=S)Oc2ccccc2O1. The fourth-order valence-electron chi connectivity index (χ4n) is 1.35. The highest BCUT2D eigenvalue weighted by Crippen LogP contribution is 2.63. The molecule has 1 aliphatic heterocycles. The normalized spacial score (nSPS) is 16.7. The minimum Gasteiger partial charge on any atom is -0.420 e. The molecule has 2 rings (SSSR count). The van der Waals surface area contributed by atoms with Gasteiger partial charge in [0, 0.05) is 43.5 Å². The Hall–Kier alpha value is 0.260. The summed E-state index contributed by atoms with van der Waals surface area (Å²) in [4.78, 5) is 0. The van der Waals surface area contributed by atoms with Crippen molar-refractivity contribution in [2.45, 2.75) is 13.3 Å². The van der Waals surface area contributed by atoms with Crippen LogP contribution in [0.2, 0.25) is 0 Å². The average Bonchev–Trinajstić information content (AvgIpc) is 2.62. The molecule has 1 aromatic carbocycles. The summed E-state index contributed by atoms with van der Waals surface area (Å²) in [6, 6.07) is 7.59. The zero-order chi connectivity index (χ0) is 11.6. The van der Waals surface area contributed by atoms with Crippen LogP contribution in [-0.2, 0) is 11.8 Å². The van der Waals surface area contributed by atoms with E-state index >= 15 is 0 Å². The second kappa shape index (κ2) is 5.27. The maximum Gasteiger partial charge on any atom is 0.378 e. The van der Waals surface area contributed by atoms with Gasteiger partial charge in [-0.1, -0.05) is 19.1 Å². The minimum absolute atomic E-state index is 0.744. The van der Waals surface area contributed by atoms with Crippen molar-refractivity contribution in [3.05, 3.63) is 24.3 Å². The molecule has 1 aliphatic rings. The third-order valence-corrected chi connectivity index (χ3v) is 7.95. The van der Waals surface area contributed by atoms with Crippen molar-refractivity contribution >= 4 is 43.6 Å². The maximum atomic E-state index is 5.78. The number of fused-ring (bicyclic) bond motifs is 1. The van der Waals surface area contributed by atoms with Crippen molar-refractivity contribution in [2.75, 3.05) is 6.54 Å². The smallest absolute Gasteiger partial charge is 0.378 e. The quantitative estimate of drug-likeness (QED) is 0.598. The second-order valence-corrected chi connectivity index (χ2v) is 8.13. The lowest BCUT2D eigenvalue weighted by molar-refractivity contribution is 0.495. The van der Waals surface area contributed by atoms with Gasteiger partial charge in [-0.05, 0) is 18.6 Å². The van der Waals surface area contributed by atoms with Crippen molar-refractivity contribution < 1.29 is 9.05 Å². The molecule has 0 saturated heterocycles. The Bertz CT molecular complexity index is 403. The van der Waals surface area contributed by atoms with Crippen molar-refractivity contribution in [2.24, 2.45) is 0 Å². The lowest BCUT2D eigenvalue weighted by atomic mass is 10.3. The van der Waals surface area contributed by atoms with Crippen LogP contribution in [0.15, 0.2) is 24.3 Å². The van der Waals surface area contributed by atoms with Gasteiger partial charge in [-0.2, -0.15) is 0 Å². The number of hydrogen-bond donors (Lipinski definition) is 0. The molecule has 16 heavy (non-hydrogen) atoms. The summed E-state index contributed by atoms with van der Waals surface area (Å²) in [6.45, 7) is 0.537. The van der Waals surface area contributed by atoms with Crippen LogP contribution in [0.1, 0.15) is 13.3 Å². The zero-order valence-corrected chi connectivity index (χ0v) is 12.7. The van der Waals surface area contributed by atoms with Gasteiger partial charge >= 0.3 is 6.64 Å². The van der Waals surface area contributed by atoms with E-state index in [4.69, 9.17) is 20.9 Å². The number of hydrogen-bond acceptors (Lipinski definition) is 4. The molecule has 0 aliphatic carbocycles. The molecule has 0 radical (unpaired) electrons. The Labute approximate surface area is 112 Å². The Morgan fingerprint density at radius 3 is 2.38 bits per heavy atom. The molecule has 0 aromatic heterocycles. The molecule has 3 nitrogen and oxygen atoms in total. The standard InChI is InChI=1S/C9H11BrNO2PS2/c1-2-7-11(16-10)14(15)12-8-5-3-4-6-9(8)13-14/h3-6H,2,7H2,1H3. The van der Waals surface area contributed by atoms with Gasteiger partial charge in [0.05, 0.1) is 0 Å². The van der Waals surface area contributed by atoms with Crippen LogP contribution in [0.4, 0.5) is 0 Å². The predicted molar refractivity (Wildman–Crippen MR) is 75.5 cm³/mol. The van der Waals surface area contributed by atoms with Gasteiger partial charge < -0.3 is 9.05 Å². The molecule has 0 amide bonds. The van der Waals surface area contributed by atoms with Crippen LogP contribution in [0.25, 0.3) is 0 Å². The molecule has 0 saturated carbocycles. The first-order chi connectivity index (χ1) is 7.69. The molecule has 1 heterocycles. The summed E-state index contributed by atoms with van der Waals surface area (Å²) < 4.78 is 13.5. The molecule has 0 atom stereocenters. The van der Waals surface area contributed by atoms with Crippen LogP contribution < -0.4 is 9.05 Å². The minimum atomic E-state index is -2.40. The molecular formula is C9H11BrNO2PS2. The van der Waals surface area contributed by atoms with Gasteiger partial charge in [-0.3, -0.25) is 0 Å². The highest BCUT2D eigenvalue weighted by molar-refractivity contribution is 9.50. The van der Waals surface area contributed by atoms with Gasteiger partial charge in [0.1, 0.15) is 0 Å². The van der Waals surface area contributed by atoms with Gasteiger partial charge in [0.2, 0.25) is 0 Å². The van der Waals surface area contributed by atoms with Crippen LogP contribution in [-0.4, -0.2) is 10.6 Å². The van der Waals surface area contributed by atoms with E-state index in [9.17, 15) is 0 Å². The lowest BCUT2D eigenvalue weighted by Crippen LogP contribution is -2.15. The second-order valence-electron chi connectivity index (χ2n) is 3.24. The molecule has 0 N–H and O–H groups in total. The van der Waals surface area contributed by atoms with Crippen molar-refractivity contribution in [1.29, 1.82) is 0 Å². The fraction of sp³-hybridized carbons (Fsp3) is 0.333. The first-order valence-corrected chi connectivity index (χ1v) is 10.1. The van der Waals surface area contributed by atoms with E-state index in [2.05, 4.69) is 21.7 Å². The van der Waals surface area contributed by atoms with E-state index in [1.807, 2.05) is 28.3 Å². The largest absolute Gasteiger partial charge is 0.420 e. The number of para-hydroxylation sites is 2. The molecule has 0 bridgehead atoms. The average molecular weight is 340 g/mol. The van der Waals surface area contributed by atoms with E-state index in [0.717, 1.165) is 24.5 Å². The highest BCUT2D eigenvalue weighted by atomic mass is 79.9. The highest BCUT2D eigenvalue weighted by Gasteiger charge is 2.38. The monoisotopic (exact) mass is 339 g/mol. The molecule has 7 heteroatoms. The number of halogens is 1. The maximum absolute atomic E-state index is 5.78. The summed E-state index contributed by atoms with van der Waals surface area (Å²) in [5.41, 5.74) is 0. The Balaban J connectivity index is 2.22. The van der Waals surface area contributed by atoms with Crippen molar-refractivity contribution in [1.82, 2.24) is 4.08 Å². The summed E-state index contributed by atoms with van der Waals surface area (Å²) in [5.74, 6) is 1.49. The van der Waals surface area contributed by atoms with Gasteiger partial charge in [0.25, 0.3) is 0 Å². The Kier molecular flexibility index (Phi) is 4.19. The van der Waals surface area contributed by atoms with E-state index in [0.29, 0.717) is 0 Å². The lowest BCUT2D eigenvalue weighted by Gasteiger charge is -2.24. The van der Waals surface area contributed by atoms with Crippen LogP contribution >= 0.6 is 31.8 Å². The van der Waals surface area contributed by atoms with Gasteiger partial charge in [-0.25, -0.2) is 0 Å². The molecule has 88 valence electrons. The van der Waals surface area contributed by atoms with Crippen molar-refractivity contribution in [3.8, 4) is 11.5 Å². The third-order valence-electron chi connectivity index (χ3n) is 2.04. The van der Waals surface area contributed by atoms with E-state index in [1.54, 1.807) is 0 Å². The predicted octanol–water partition coefficient (Wildman–Crippen LogP) is 4.35. The van der Waals surface area contributed by atoms with Crippen LogP contribution in [0, 0.1) is 0 Å². The molecule has 0 spiro atoms. The first-order valence-electron chi connectivity index (χ1n) is 4.84. The molecule has 1 aromatic rings. The molecule has 0 unspecified atom stereocenters. The fourth-order valence-corrected chi connectivity index (χ4v) is 7.33. The summed E-state index contributed by atoms with van der Waals surface area (Å²) >= 11 is 8.85. The topological polar surface area (TPSA) is 21.7 Å². The number of nitrogens with zero attached hydrogens (tertiary/aromatic N) is 1. The zero-order valence-electron chi connectivity index (χ0n) is 8.63. The Morgan fingerprint density at radius 2 is 1.94 bits per heavy atom. The molecular weight excluding hydrogens is 329 g/mol. The first kappa shape index (κ1) is 12.7. The number of rotatable bonds is 4. The summed E-state index contributed by atoms with van der Waals surface area (Å²) in [6.07, 6.45) is 1.00. The van der Waals surface area contributed by atoms with E-state index in [1.165, 1.54) is 10.4 Å². The van der Waals surface area contributed by atoms with Gasteiger partial charge in [-0.15, -0.1) is 4.08 Å². The molecule has 0 fully saturated rings. The van der Waals surface area contributed by atoms with Gasteiger partial charge in [0.15, 0.2) is 11.5 Å². The third kappa shape index (κ3) is 2.41. The summed E-state index contributed by atoms with van der Waals surface area (Å²) in [7, 11) is 1.40. The van der Waals surface area contributed by atoms with Crippen molar-refractivity contribution in [3.63, 3.8) is 0 Å². The van der Waals surface area contributed by atoms with E-state index in [-0.39, 0.29) is 0 Å².